The summed E-state index contributed by atoms with van der Waals surface area (Å²) >= 11 is -1.15. The quantitative estimate of drug-likeness (QED) is 0.692. The van der Waals surface area contributed by atoms with Gasteiger partial charge in [0.25, 0.3) is 0 Å². The summed E-state index contributed by atoms with van der Waals surface area (Å²) < 4.78 is 17.0. The first-order valence-corrected chi connectivity index (χ1v) is 10.5. The molecule has 0 saturated heterocycles. The van der Waals surface area contributed by atoms with Gasteiger partial charge in [0.2, 0.25) is 0 Å². The molecule has 0 amide bonds. The van der Waals surface area contributed by atoms with Crippen LogP contribution in [0.25, 0.3) is 0 Å². The van der Waals surface area contributed by atoms with E-state index in [1.807, 2.05) is 0 Å². The first-order chi connectivity index (χ1) is 10.3. The van der Waals surface area contributed by atoms with Gasteiger partial charge in [-0.25, -0.2) is 4.21 Å². The molecule has 0 aliphatic heterocycles. The number of hydrogen-bond donors (Lipinski definition) is 0. The molecule has 2 fully saturated rings. The predicted octanol–water partition coefficient (Wildman–Crippen LogP) is 4.88. The van der Waals surface area contributed by atoms with Crippen LogP contribution >= 0.6 is 0 Å². The van der Waals surface area contributed by atoms with E-state index < -0.39 is 11.1 Å². The van der Waals surface area contributed by atoms with Crippen molar-refractivity contribution in [1.29, 1.82) is 0 Å². The highest BCUT2D eigenvalue weighted by molar-refractivity contribution is 7.79. The van der Waals surface area contributed by atoms with Crippen LogP contribution in [0.4, 0.5) is 0 Å². The largest absolute Gasteiger partial charge is 0.290 e. The minimum atomic E-state index is -1.15. The molecular weight excluding hydrogens is 292 g/mol. The maximum Gasteiger partial charge on any atom is 0.152 e. The van der Waals surface area contributed by atoms with E-state index in [-0.39, 0.29) is 5.41 Å². The van der Waals surface area contributed by atoms with E-state index in [0.717, 1.165) is 11.8 Å². The third kappa shape index (κ3) is 2.84. The van der Waals surface area contributed by atoms with Crippen LogP contribution in [0.3, 0.4) is 0 Å². The molecule has 0 bridgehead atoms. The fraction of sp³-hybridized carbons (Fsp3) is 0.895. The van der Waals surface area contributed by atoms with Crippen LogP contribution in [0, 0.1) is 28.6 Å². The maximum absolute atomic E-state index is 11.4. The Bertz CT molecular complexity index is 486. The SMILES string of the molecule is C[C@@H]1CC=C2C(CCC3[C@](C)(COS(C)=O)CCC[C@@]23C)C1. The van der Waals surface area contributed by atoms with Gasteiger partial charge < -0.3 is 0 Å². The molecule has 2 saturated carbocycles. The Labute approximate surface area is 138 Å². The van der Waals surface area contributed by atoms with Crippen LogP contribution in [0.2, 0.25) is 0 Å². The van der Waals surface area contributed by atoms with Crippen molar-refractivity contribution in [3.63, 3.8) is 0 Å². The lowest BCUT2D eigenvalue weighted by Crippen LogP contribution is -2.51. The first kappa shape index (κ1) is 16.7. The Hall–Kier alpha value is -0.150. The van der Waals surface area contributed by atoms with Gasteiger partial charge in [-0.1, -0.05) is 38.8 Å². The molecule has 3 heteroatoms. The van der Waals surface area contributed by atoms with Crippen molar-refractivity contribution in [3.05, 3.63) is 11.6 Å². The summed E-state index contributed by atoms with van der Waals surface area (Å²) in [4.78, 5) is 0. The molecule has 0 heterocycles. The lowest BCUT2D eigenvalue weighted by Gasteiger charge is -2.58. The van der Waals surface area contributed by atoms with Gasteiger partial charge in [0.05, 0.1) is 6.61 Å². The molecule has 0 aromatic carbocycles. The Morgan fingerprint density at radius 3 is 2.82 bits per heavy atom. The summed E-state index contributed by atoms with van der Waals surface area (Å²) in [6, 6.07) is 0. The Kier molecular flexibility index (Phi) is 4.59. The van der Waals surface area contributed by atoms with E-state index in [9.17, 15) is 4.21 Å². The van der Waals surface area contributed by atoms with Gasteiger partial charge in [-0.3, -0.25) is 4.18 Å². The molecule has 3 aliphatic rings. The smallest absolute Gasteiger partial charge is 0.152 e. The summed E-state index contributed by atoms with van der Waals surface area (Å²) in [5, 5.41) is 0. The van der Waals surface area contributed by atoms with Gasteiger partial charge in [-0.05, 0) is 67.1 Å². The molecule has 3 rings (SSSR count). The minimum absolute atomic E-state index is 0.188. The highest BCUT2D eigenvalue weighted by Crippen LogP contribution is 2.62. The van der Waals surface area contributed by atoms with Crippen LogP contribution in [-0.2, 0) is 15.3 Å². The average molecular weight is 325 g/mol. The second-order valence-corrected chi connectivity index (χ2v) is 9.69. The molecule has 0 radical (unpaired) electrons. The molecular formula is C19H32O2S. The van der Waals surface area contributed by atoms with Crippen molar-refractivity contribution in [2.75, 3.05) is 12.9 Å². The fourth-order valence-corrected chi connectivity index (χ4v) is 6.36. The van der Waals surface area contributed by atoms with Gasteiger partial charge in [0, 0.05) is 6.26 Å². The van der Waals surface area contributed by atoms with E-state index in [4.69, 9.17) is 4.18 Å². The number of hydrogen-bond acceptors (Lipinski definition) is 2. The third-order valence-electron chi connectivity index (χ3n) is 6.94. The lowest BCUT2D eigenvalue weighted by molar-refractivity contribution is -0.0463. The van der Waals surface area contributed by atoms with E-state index >= 15 is 0 Å². The molecule has 0 aromatic heterocycles. The minimum Gasteiger partial charge on any atom is -0.290 e. The van der Waals surface area contributed by atoms with E-state index in [2.05, 4.69) is 26.8 Å². The van der Waals surface area contributed by atoms with Gasteiger partial charge in [-0.15, -0.1) is 0 Å². The van der Waals surface area contributed by atoms with Crippen LogP contribution in [0.15, 0.2) is 11.6 Å². The van der Waals surface area contributed by atoms with Crippen molar-refractivity contribution in [2.24, 2.45) is 28.6 Å². The zero-order valence-corrected chi connectivity index (χ0v) is 15.5. The molecule has 126 valence electrons. The molecule has 22 heavy (non-hydrogen) atoms. The lowest BCUT2D eigenvalue weighted by atomic mass is 9.47. The van der Waals surface area contributed by atoms with Crippen LogP contribution in [0.1, 0.15) is 65.7 Å². The van der Waals surface area contributed by atoms with E-state index in [1.165, 1.54) is 44.9 Å². The summed E-state index contributed by atoms with van der Waals surface area (Å²) in [7, 11) is 0. The van der Waals surface area contributed by atoms with Crippen molar-refractivity contribution in [3.8, 4) is 0 Å². The third-order valence-corrected chi connectivity index (χ3v) is 7.39. The molecule has 3 unspecified atom stereocenters. The Morgan fingerprint density at radius 2 is 2.09 bits per heavy atom. The van der Waals surface area contributed by atoms with Crippen LogP contribution < -0.4 is 0 Å². The standard InChI is InChI=1S/C19H32O2S/c1-14-6-8-16-15(12-14)7-9-17-18(2,13-21-22(4)20)10-5-11-19(16,17)3/h8,14-15,17H,5-7,9-13H2,1-4H3/t14-,15?,17?,18+,19+,22?/m1/s1. The number of fused-ring (bicyclic) bond motifs is 3. The Balaban J connectivity index is 1.87. The van der Waals surface area contributed by atoms with Gasteiger partial charge in [0.15, 0.2) is 11.1 Å². The van der Waals surface area contributed by atoms with Gasteiger partial charge in [0.1, 0.15) is 0 Å². The summed E-state index contributed by atoms with van der Waals surface area (Å²) in [5.74, 6) is 2.37. The summed E-state index contributed by atoms with van der Waals surface area (Å²) in [6.07, 6.45) is 13.4. The normalized spacial score (nSPS) is 46.4. The Morgan fingerprint density at radius 1 is 1.32 bits per heavy atom. The number of allylic oxidation sites excluding steroid dienone is 2. The predicted molar refractivity (Wildman–Crippen MR) is 92.8 cm³/mol. The highest BCUT2D eigenvalue weighted by Gasteiger charge is 2.54. The van der Waals surface area contributed by atoms with E-state index in [1.54, 1.807) is 11.8 Å². The van der Waals surface area contributed by atoms with Gasteiger partial charge in [-0.2, -0.15) is 0 Å². The molecule has 0 aromatic rings. The molecule has 0 spiro atoms. The topological polar surface area (TPSA) is 26.3 Å². The summed E-state index contributed by atoms with van der Waals surface area (Å²) in [5.41, 5.74) is 2.31. The monoisotopic (exact) mass is 324 g/mol. The summed E-state index contributed by atoms with van der Waals surface area (Å²) in [6.45, 7) is 7.96. The fourth-order valence-electron chi connectivity index (χ4n) is 5.92. The van der Waals surface area contributed by atoms with Crippen LogP contribution in [0.5, 0.6) is 0 Å². The average Bonchev–Trinajstić information content (AvgIpc) is 2.44. The molecule has 2 nitrogen and oxygen atoms in total. The van der Waals surface area contributed by atoms with Crippen molar-refractivity contribution in [1.82, 2.24) is 0 Å². The molecule has 0 N–H and O–H groups in total. The van der Waals surface area contributed by atoms with Gasteiger partial charge >= 0.3 is 0 Å². The van der Waals surface area contributed by atoms with Crippen molar-refractivity contribution < 1.29 is 8.39 Å². The zero-order valence-electron chi connectivity index (χ0n) is 14.7. The highest BCUT2D eigenvalue weighted by atomic mass is 32.2. The molecule has 6 atom stereocenters. The molecule has 3 aliphatic carbocycles. The second kappa shape index (κ2) is 6.05. The second-order valence-electron chi connectivity index (χ2n) is 8.65. The van der Waals surface area contributed by atoms with E-state index in [0.29, 0.717) is 17.9 Å². The van der Waals surface area contributed by atoms with Crippen LogP contribution in [-0.4, -0.2) is 17.1 Å². The first-order valence-electron chi connectivity index (χ1n) is 9.02. The zero-order chi connectivity index (χ0) is 16.0. The van der Waals surface area contributed by atoms with Crippen molar-refractivity contribution in [2.45, 2.75) is 65.7 Å². The van der Waals surface area contributed by atoms with Crippen molar-refractivity contribution >= 4 is 11.1 Å². The maximum atomic E-state index is 11.4. The number of rotatable bonds is 3.